The second kappa shape index (κ2) is 4.72. The van der Waals surface area contributed by atoms with Gasteiger partial charge in [0.1, 0.15) is 0 Å². The Morgan fingerprint density at radius 3 is 2.22 bits per heavy atom. The lowest BCUT2D eigenvalue weighted by Gasteiger charge is -2.28. The molecular weight excluding hydrogens is 247 g/mol. The predicted molar refractivity (Wildman–Crippen MR) is 61.3 cm³/mol. The maximum absolute atomic E-state index is 12.9. The van der Waals surface area contributed by atoms with Crippen molar-refractivity contribution in [3.8, 4) is 0 Å². The summed E-state index contributed by atoms with van der Waals surface area (Å²) in [6.07, 6.45) is -4.29. The van der Waals surface area contributed by atoms with Gasteiger partial charge in [0, 0.05) is 6.54 Å². The molecule has 0 aromatic rings. The highest BCUT2D eigenvalue weighted by Gasteiger charge is 2.63. The summed E-state index contributed by atoms with van der Waals surface area (Å²) >= 11 is 0. The van der Waals surface area contributed by atoms with Crippen LogP contribution in [-0.2, 0) is 4.79 Å². The molecule has 0 aliphatic carbocycles. The summed E-state index contributed by atoms with van der Waals surface area (Å²) in [6, 6.07) is 0. The van der Waals surface area contributed by atoms with E-state index in [1.807, 2.05) is 20.8 Å². The van der Waals surface area contributed by atoms with Crippen LogP contribution in [-0.4, -0.2) is 41.8 Å². The summed E-state index contributed by atoms with van der Waals surface area (Å²) in [5.74, 6) is -1.76. The number of hydrogen-bond acceptors (Lipinski definition) is 2. The predicted octanol–water partition coefficient (Wildman–Crippen LogP) is 2.76. The second-order valence-corrected chi connectivity index (χ2v) is 6.22. The van der Waals surface area contributed by atoms with Gasteiger partial charge >= 0.3 is 12.1 Å². The smallest absolute Gasteiger partial charge is 0.406 e. The molecule has 0 spiro atoms. The first-order valence-electron chi connectivity index (χ1n) is 6.00. The Labute approximate surface area is 105 Å². The number of likely N-dealkylation sites (tertiary alicyclic amines) is 1. The number of halogens is 3. The molecule has 1 aliphatic heterocycles. The fourth-order valence-corrected chi connectivity index (χ4v) is 2.10. The average molecular weight is 267 g/mol. The Hall–Kier alpha value is -0.780. The molecule has 1 heterocycles. The molecule has 0 aromatic heterocycles. The highest BCUT2D eigenvalue weighted by Crippen LogP contribution is 2.45. The summed E-state index contributed by atoms with van der Waals surface area (Å²) in [4.78, 5) is 12.6. The first-order valence-corrected chi connectivity index (χ1v) is 6.00. The van der Waals surface area contributed by atoms with Crippen LogP contribution in [0.15, 0.2) is 0 Å². The molecule has 0 bridgehead atoms. The SMILES string of the molecule is CC(C)(C)CCN1CCC(C(=O)O)(C(F)(F)F)C1. The summed E-state index contributed by atoms with van der Waals surface area (Å²) in [5, 5.41) is 8.90. The lowest BCUT2D eigenvalue weighted by Crippen LogP contribution is -2.47. The average Bonchev–Trinajstić information content (AvgIpc) is 2.57. The molecule has 1 unspecified atom stereocenters. The molecule has 1 saturated heterocycles. The van der Waals surface area contributed by atoms with E-state index in [-0.39, 0.29) is 18.4 Å². The Morgan fingerprint density at radius 2 is 1.89 bits per heavy atom. The van der Waals surface area contributed by atoms with E-state index in [9.17, 15) is 18.0 Å². The minimum Gasteiger partial charge on any atom is -0.481 e. The van der Waals surface area contributed by atoms with Crippen LogP contribution in [0.3, 0.4) is 0 Å². The van der Waals surface area contributed by atoms with E-state index in [4.69, 9.17) is 5.11 Å². The van der Waals surface area contributed by atoms with Gasteiger partial charge in [0.2, 0.25) is 0 Å². The van der Waals surface area contributed by atoms with Crippen LogP contribution < -0.4 is 0 Å². The Kier molecular flexibility index (Phi) is 4.00. The van der Waals surface area contributed by atoms with E-state index in [1.54, 1.807) is 4.90 Å². The lowest BCUT2D eigenvalue weighted by molar-refractivity contribution is -0.227. The van der Waals surface area contributed by atoms with Gasteiger partial charge in [-0.15, -0.1) is 0 Å². The van der Waals surface area contributed by atoms with Crippen LogP contribution in [0.2, 0.25) is 0 Å². The van der Waals surface area contributed by atoms with Gasteiger partial charge in [-0.25, -0.2) is 0 Å². The van der Waals surface area contributed by atoms with E-state index in [2.05, 4.69) is 0 Å². The molecule has 106 valence electrons. The molecule has 1 atom stereocenters. The van der Waals surface area contributed by atoms with Crippen LogP contribution in [0.25, 0.3) is 0 Å². The molecule has 0 saturated carbocycles. The fourth-order valence-electron chi connectivity index (χ4n) is 2.10. The molecule has 3 nitrogen and oxygen atoms in total. The van der Waals surface area contributed by atoms with Gasteiger partial charge in [0.15, 0.2) is 5.41 Å². The van der Waals surface area contributed by atoms with Crippen molar-refractivity contribution in [2.24, 2.45) is 10.8 Å². The normalized spacial score (nSPS) is 26.6. The summed E-state index contributed by atoms with van der Waals surface area (Å²) < 4.78 is 38.7. The molecule has 0 amide bonds. The van der Waals surface area contributed by atoms with Crippen LogP contribution in [0.4, 0.5) is 13.2 Å². The summed E-state index contributed by atoms with van der Waals surface area (Å²) in [6.45, 7) is 6.31. The van der Waals surface area contributed by atoms with E-state index >= 15 is 0 Å². The van der Waals surface area contributed by atoms with E-state index < -0.39 is 24.1 Å². The number of rotatable bonds is 3. The van der Waals surface area contributed by atoms with Crippen molar-refractivity contribution in [2.45, 2.75) is 39.8 Å². The fraction of sp³-hybridized carbons (Fsp3) is 0.917. The van der Waals surface area contributed by atoms with Crippen molar-refractivity contribution >= 4 is 5.97 Å². The molecule has 0 aromatic carbocycles. The quantitative estimate of drug-likeness (QED) is 0.854. The molecule has 1 rings (SSSR count). The van der Waals surface area contributed by atoms with Crippen molar-refractivity contribution in [3.63, 3.8) is 0 Å². The van der Waals surface area contributed by atoms with Crippen molar-refractivity contribution in [1.82, 2.24) is 4.90 Å². The minimum atomic E-state index is -4.69. The molecular formula is C12H20F3NO2. The van der Waals surface area contributed by atoms with Crippen molar-refractivity contribution < 1.29 is 23.1 Å². The largest absolute Gasteiger partial charge is 0.481 e. The molecule has 1 aliphatic rings. The number of nitrogens with zero attached hydrogens (tertiary/aromatic N) is 1. The first-order chi connectivity index (χ1) is 7.98. The van der Waals surface area contributed by atoms with Gasteiger partial charge in [0.25, 0.3) is 0 Å². The first kappa shape index (κ1) is 15.3. The molecule has 1 N–H and O–H groups in total. The van der Waals surface area contributed by atoms with Crippen LogP contribution in [0, 0.1) is 10.8 Å². The summed E-state index contributed by atoms with van der Waals surface area (Å²) in [7, 11) is 0. The standard InChI is InChI=1S/C12H20F3NO2/c1-10(2,3)4-6-16-7-5-11(8-16,9(17)18)12(13,14)15/h4-8H2,1-3H3,(H,17,18). The maximum atomic E-state index is 12.9. The van der Waals surface area contributed by atoms with Crippen molar-refractivity contribution in [3.05, 3.63) is 0 Å². The number of carboxylic acids is 1. The Bertz CT molecular complexity index is 322. The van der Waals surface area contributed by atoms with E-state index in [0.717, 1.165) is 6.42 Å². The van der Waals surface area contributed by atoms with Crippen molar-refractivity contribution in [1.29, 1.82) is 0 Å². The summed E-state index contributed by atoms with van der Waals surface area (Å²) in [5.41, 5.74) is -2.54. The Balaban J connectivity index is 2.70. The lowest BCUT2D eigenvalue weighted by atomic mass is 9.86. The van der Waals surface area contributed by atoms with Gasteiger partial charge in [-0.05, 0) is 31.3 Å². The Morgan fingerprint density at radius 1 is 1.33 bits per heavy atom. The third kappa shape index (κ3) is 3.16. The minimum absolute atomic E-state index is 0.0344. The highest BCUT2D eigenvalue weighted by molar-refractivity contribution is 5.76. The number of aliphatic carboxylic acids is 1. The zero-order valence-corrected chi connectivity index (χ0v) is 11.0. The third-order valence-corrected chi connectivity index (χ3v) is 3.48. The zero-order valence-electron chi connectivity index (χ0n) is 11.0. The van der Waals surface area contributed by atoms with Gasteiger partial charge in [-0.3, -0.25) is 4.79 Å². The van der Waals surface area contributed by atoms with E-state index in [0.29, 0.717) is 6.54 Å². The van der Waals surface area contributed by atoms with Gasteiger partial charge in [0.05, 0.1) is 0 Å². The van der Waals surface area contributed by atoms with Gasteiger partial charge < -0.3 is 10.0 Å². The van der Waals surface area contributed by atoms with Crippen LogP contribution in [0.1, 0.15) is 33.6 Å². The zero-order chi connectivity index (χ0) is 14.2. The number of alkyl halides is 3. The second-order valence-electron chi connectivity index (χ2n) is 6.22. The third-order valence-electron chi connectivity index (χ3n) is 3.48. The van der Waals surface area contributed by atoms with Crippen molar-refractivity contribution in [2.75, 3.05) is 19.6 Å². The molecule has 18 heavy (non-hydrogen) atoms. The number of hydrogen-bond donors (Lipinski definition) is 1. The monoisotopic (exact) mass is 267 g/mol. The molecule has 0 radical (unpaired) electrons. The maximum Gasteiger partial charge on any atom is 0.406 e. The topological polar surface area (TPSA) is 40.5 Å². The van der Waals surface area contributed by atoms with Crippen LogP contribution >= 0.6 is 0 Å². The van der Waals surface area contributed by atoms with E-state index in [1.165, 1.54) is 0 Å². The highest BCUT2D eigenvalue weighted by atomic mass is 19.4. The molecule has 6 heteroatoms. The number of carboxylic acid groups (broad SMARTS) is 1. The van der Waals surface area contributed by atoms with Gasteiger partial charge in [-0.1, -0.05) is 20.8 Å². The van der Waals surface area contributed by atoms with Gasteiger partial charge in [-0.2, -0.15) is 13.2 Å². The number of carbonyl (C=O) groups is 1. The molecule has 1 fully saturated rings. The van der Waals surface area contributed by atoms with Crippen LogP contribution in [0.5, 0.6) is 0 Å².